The van der Waals surface area contributed by atoms with E-state index in [2.05, 4.69) is 4.74 Å². The minimum Gasteiger partial charge on any atom is -0.478 e. The van der Waals surface area contributed by atoms with E-state index in [1.165, 1.54) is 6.07 Å². The Labute approximate surface area is 204 Å². The molecule has 0 saturated carbocycles. The van der Waals surface area contributed by atoms with Crippen LogP contribution in [0.1, 0.15) is 62.1 Å². The number of ether oxygens (including phenoxy) is 3. The first kappa shape index (κ1) is 24.4. The summed E-state index contributed by atoms with van der Waals surface area (Å²) < 4.78 is 15.8. The van der Waals surface area contributed by atoms with Crippen LogP contribution in [-0.4, -0.2) is 56.2 Å². The number of benzene rings is 3. The van der Waals surface area contributed by atoms with Crippen LogP contribution in [0.5, 0.6) is 23.0 Å². The predicted octanol–water partition coefficient (Wildman–Crippen LogP) is 3.37. The van der Waals surface area contributed by atoms with E-state index in [1.54, 1.807) is 0 Å². The van der Waals surface area contributed by atoms with Crippen molar-refractivity contribution >= 4 is 35.8 Å². The van der Waals surface area contributed by atoms with Crippen LogP contribution in [0, 0.1) is 0 Å². The second kappa shape index (κ2) is 9.14. The molecule has 13 heteroatoms. The molecule has 0 radical (unpaired) electrons. The third-order valence-corrected chi connectivity index (χ3v) is 5.10. The molecule has 0 aromatic heterocycles. The summed E-state index contributed by atoms with van der Waals surface area (Å²) in [6.45, 7) is 0. The number of carboxylic acids is 4. The molecule has 3 aromatic rings. The number of carbonyl (C=O) groups excluding carboxylic acids is 2. The van der Waals surface area contributed by atoms with Crippen molar-refractivity contribution in [2.75, 3.05) is 0 Å². The van der Waals surface area contributed by atoms with Gasteiger partial charge in [-0.05, 0) is 36.4 Å². The molecular formula is C24H12O13. The van der Waals surface area contributed by atoms with E-state index in [4.69, 9.17) is 9.47 Å². The van der Waals surface area contributed by atoms with E-state index in [9.17, 15) is 49.2 Å². The van der Waals surface area contributed by atoms with E-state index in [1.807, 2.05) is 0 Å². The third kappa shape index (κ3) is 4.27. The first-order valence-corrected chi connectivity index (χ1v) is 9.99. The summed E-state index contributed by atoms with van der Waals surface area (Å²) >= 11 is 0. The van der Waals surface area contributed by atoms with Gasteiger partial charge in [-0.1, -0.05) is 12.1 Å². The molecule has 1 heterocycles. The third-order valence-electron chi connectivity index (χ3n) is 5.10. The molecule has 0 fully saturated rings. The Kier molecular flexibility index (Phi) is 6.03. The van der Waals surface area contributed by atoms with Crippen LogP contribution in [-0.2, 0) is 4.74 Å². The van der Waals surface area contributed by atoms with Crippen LogP contribution in [0.25, 0.3) is 0 Å². The van der Waals surface area contributed by atoms with Gasteiger partial charge in [0.1, 0.15) is 28.2 Å². The normalized spacial score (nSPS) is 11.9. The minimum absolute atomic E-state index is 0.295. The van der Waals surface area contributed by atoms with Gasteiger partial charge in [0.25, 0.3) is 0 Å². The highest BCUT2D eigenvalue weighted by atomic mass is 16.6. The van der Waals surface area contributed by atoms with Crippen molar-refractivity contribution < 1.29 is 63.4 Å². The summed E-state index contributed by atoms with van der Waals surface area (Å²) in [7, 11) is 0. The molecule has 13 nitrogen and oxygen atoms in total. The Morgan fingerprint density at radius 3 is 1.59 bits per heavy atom. The topological polar surface area (TPSA) is 211 Å². The number of esters is 2. The molecular weight excluding hydrogens is 496 g/mol. The number of carbonyl (C=O) groups is 6. The van der Waals surface area contributed by atoms with Gasteiger partial charge < -0.3 is 34.6 Å². The standard InChI is InChI=1S/C24H12O13/c25-19(26)9-3-1-5-12(15(9)21(29)30)35-14-8-7-11-17(24(34)37-23(11)33)18(14)36-13-6-2-4-10(20(27)28)16(13)22(31)32/h1-8H,(H,25,26)(H,27,28)(H,29,30)(H,31,32). The Morgan fingerprint density at radius 1 is 0.595 bits per heavy atom. The maximum absolute atomic E-state index is 12.4. The van der Waals surface area contributed by atoms with Crippen LogP contribution in [0.2, 0.25) is 0 Å². The summed E-state index contributed by atoms with van der Waals surface area (Å²) in [5.41, 5.74) is -3.62. The van der Waals surface area contributed by atoms with Crippen LogP contribution in [0.4, 0.5) is 0 Å². The molecule has 0 amide bonds. The number of cyclic esters (lactones) is 2. The second-order valence-electron chi connectivity index (χ2n) is 7.27. The van der Waals surface area contributed by atoms with Crippen LogP contribution in [0.15, 0.2) is 48.5 Å². The molecule has 0 bridgehead atoms. The molecule has 0 spiro atoms. The van der Waals surface area contributed by atoms with Gasteiger partial charge in [0.05, 0.1) is 16.7 Å². The Balaban J connectivity index is 1.94. The average Bonchev–Trinajstić information content (AvgIpc) is 3.12. The van der Waals surface area contributed by atoms with Crippen LogP contribution < -0.4 is 9.47 Å². The highest BCUT2D eigenvalue weighted by Crippen LogP contribution is 2.44. The molecule has 1 aliphatic rings. The van der Waals surface area contributed by atoms with E-state index in [0.29, 0.717) is 0 Å². The number of hydrogen-bond acceptors (Lipinski definition) is 9. The smallest absolute Gasteiger partial charge is 0.350 e. The maximum Gasteiger partial charge on any atom is 0.350 e. The lowest BCUT2D eigenvalue weighted by molar-refractivity contribution is 0.0440. The Morgan fingerprint density at radius 2 is 1.11 bits per heavy atom. The van der Waals surface area contributed by atoms with Gasteiger partial charge in [-0.15, -0.1) is 0 Å². The lowest BCUT2D eigenvalue weighted by Crippen LogP contribution is -2.11. The number of carboxylic acid groups (broad SMARTS) is 4. The highest BCUT2D eigenvalue weighted by molar-refractivity contribution is 6.17. The zero-order chi connectivity index (χ0) is 27.0. The molecule has 0 unspecified atom stereocenters. The fourth-order valence-electron chi connectivity index (χ4n) is 3.57. The first-order chi connectivity index (χ1) is 17.5. The largest absolute Gasteiger partial charge is 0.478 e. The van der Waals surface area contributed by atoms with Crippen molar-refractivity contribution in [2.24, 2.45) is 0 Å². The summed E-state index contributed by atoms with van der Waals surface area (Å²) in [6, 6.07) is 8.74. The van der Waals surface area contributed by atoms with Gasteiger partial charge in [-0.3, -0.25) is 0 Å². The number of hydrogen-bond donors (Lipinski definition) is 4. The lowest BCUT2D eigenvalue weighted by atomic mass is 10.0. The fraction of sp³-hybridized carbons (Fsp3) is 0. The second-order valence-corrected chi connectivity index (χ2v) is 7.27. The van der Waals surface area contributed by atoms with Crippen molar-refractivity contribution in [1.82, 2.24) is 0 Å². The van der Waals surface area contributed by atoms with Crippen molar-refractivity contribution in [3.05, 3.63) is 81.9 Å². The first-order valence-electron chi connectivity index (χ1n) is 9.99. The average molecular weight is 508 g/mol. The maximum atomic E-state index is 12.4. The van der Waals surface area contributed by atoms with Gasteiger partial charge in [-0.2, -0.15) is 0 Å². The molecule has 0 atom stereocenters. The summed E-state index contributed by atoms with van der Waals surface area (Å²) in [5.74, 6) is -10.9. The van der Waals surface area contributed by atoms with Gasteiger partial charge in [0.15, 0.2) is 11.5 Å². The predicted molar refractivity (Wildman–Crippen MR) is 117 cm³/mol. The van der Waals surface area contributed by atoms with E-state index < -0.39 is 86.6 Å². The molecule has 0 saturated heterocycles. The Hall–Kier alpha value is -5.72. The van der Waals surface area contributed by atoms with Gasteiger partial charge >= 0.3 is 35.8 Å². The molecule has 4 rings (SSSR count). The number of aromatic carboxylic acids is 4. The molecule has 4 N–H and O–H groups in total. The fourth-order valence-corrected chi connectivity index (χ4v) is 3.57. The van der Waals surface area contributed by atoms with Crippen molar-refractivity contribution in [3.8, 4) is 23.0 Å². The lowest BCUT2D eigenvalue weighted by Gasteiger charge is -2.17. The van der Waals surface area contributed by atoms with Gasteiger partial charge in [0, 0.05) is 0 Å². The van der Waals surface area contributed by atoms with Crippen LogP contribution >= 0.6 is 0 Å². The molecule has 186 valence electrons. The quantitative estimate of drug-likeness (QED) is 0.254. The van der Waals surface area contributed by atoms with Crippen LogP contribution in [0.3, 0.4) is 0 Å². The van der Waals surface area contributed by atoms with Crippen molar-refractivity contribution in [1.29, 1.82) is 0 Å². The van der Waals surface area contributed by atoms with Gasteiger partial charge in [-0.25, -0.2) is 28.8 Å². The number of fused-ring (bicyclic) bond motifs is 1. The molecule has 37 heavy (non-hydrogen) atoms. The molecule has 3 aromatic carbocycles. The molecule has 1 aliphatic heterocycles. The zero-order valence-corrected chi connectivity index (χ0v) is 18.1. The highest BCUT2D eigenvalue weighted by Gasteiger charge is 2.37. The van der Waals surface area contributed by atoms with Crippen molar-refractivity contribution in [3.63, 3.8) is 0 Å². The monoisotopic (exact) mass is 508 g/mol. The minimum atomic E-state index is -1.69. The summed E-state index contributed by atoms with van der Waals surface area (Å²) in [5, 5.41) is 37.9. The summed E-state index contributed by atoms with van der Waals surface area (Å²) in [6.07, 6.45) is 0. The van der Waals surface area contributed by atoms with E-state index in [0.717, 1.165) is 42.5 Å². The van der Waals surface area contributed by atoms with E-state index in [-0.39, 0.29) is 5.56 Å². The molecule has 0 aliphatic carbocycles. The van der Waals surface area contributed by atoms with Crippen molar-refractivity contribution in [2.45, 2.75) is 0 Å². The SMILES string of the molecule is O=C(O)c1cccc(Oc2ccc3c(c2Oc2cccc(C(=O)O)c2C(=O)O)C(=O)OC3=O)c1C(=O)O. The zero-order valence-electron chi connectivity index (χ0n) is 18.1. The Bertz CT molecular complexity index is 1550. The summed E-state index contributed by atoms with van der Waals surface area (Å²) in [4.78, 5) is 71.2. The van der Waals surface area contributed by atoms with Gasteiger partial charge in [0.2, 0.25) is 0 Å². The van der Waals surface area contributed by atoms with E-state index >= 15 is 0 Å². The number of rotatable bonds is 8.